The van der Waals surface area contributed by atoms with Gasteiger partial charge >= 0.3 is 0 Å². The molecule has 18 heteroatoms. The van der Waals surface area contributed by atoms with Crippen LogP contribution in [0.2, 0.25) is 0 Å². The van der Waals surface area contributed by atoms with Gasteiger partial charge in [0.2, 0.25) is 11.8 Å². The van der Waals surface area contributed by atoms with Gasteiger partial charge in [-0.05, 0) is 115 Å². The topological polar surface area (TPSA) is 160 Å². The van der Waals surface area contributed by atoms with Crippen LogP contribution in [0.5, 0.6) is 0 Å². The lowest BCUT2D eigenvalue weighted by Gasteiger charge is -2.40. The molecule has 16 nitrogen and oxygen atoms in total. The summed E-state index contributed by atoms with van der Waals surface area (Å²) in [6.07, 6.45) is 16.2. The van der Waals surface area contributed by atoms with Crippen LogP contribution in [0, 0.1) is 24.1 Å². The molecule has 1 aromatic carbocycles. The number of halogens is 1. The van der Waals surface area contributed by atoms with Crippen LogP contribution in [-0.4, -0.2) is 162 Å². The summed E-state index contributed by atoms with van der Waals surface area (Å²) in [6, 6.07) is 4.78. The van der Waals surface area contributed by atoms with E-state index < -0.39 is 11.7 Å². The second kappa shape index (κ2) is 20.1. The van der Waals surface area contributed by atoms with Crippen LogP contribution >= 0.6 is 11.3 Å². The molecule has 5 aliphatic heterocycles. The largest absolute Gasteiger partial charge is 0.340 e. The summed E-state index contributed by atoms with van der Waals surface area (Å²) >= 11 is 1.82. The number of fused-ring (bicyclic) bond motifs is 2. The molecule has 4 aromatic rings. The fourth-order valence-electron chi connectivity index (χ4n) is 12.9. The Morgan fingerprint density at radius 1 is 0.875 bits per heavy atom. The van der Waals surface area contributed by atoms with E-state index in [2.05, 4.69) is 53.0 Å². The van der Waals surface area contributed by atoms with Gasteiger partial charge in [0.05, 0.1) is 41.5 Å². The summed E-state index contributed by atoms with van der Waals surface area (Å²) in [5.41, 5.74) is 1.82. The highest BCUT2D eigenvalue weighted by molar-refractivity contribution is 7.11. The number of amides is 3. The summed E-state index contributed by atoms with van der Waals surface area (Å²) in [6.45, 7) is 18.6. The Labute approximate surface area is 424 Å². The number of hydrogen-bond acceptors (Lipinski definition) is 12. The third-order valence-corrected chi connectivity index (χ3v) is 18.2. The molecule has 1 N–H and O–H groups in total. The minimum absolute atomic E-state index is 0.0199. The molecule has 0 spiro atoms. The van der Waals surface area contributed by atoms with Gasteiger partial charge in [-0.3, -0.25) is 33.9 Å². The van der Waals surface area contributed by atoms with Crippen molar-refractivity contribution in [3.05, 3.63) is 102 Å². The number of nitrogens with zero attached hydrogens (tertiary/aromatic N) is 11. The Morgan fingerprint density at radius 2 is 1.64 bits per heavy atom. The van der Waals surface area contributed by atoms with Crippen molar-refractivity contribution >= 4 is 41.2 Å². The van der Waals surface area contributed by atoms with Crippen molar-refractivity contribution in [1.29, 1.82) is 0 Å². The maximum Gasteiger partial charge on any atom is 0.272 e. The van der Waals surface area contributed by atoms with E-state index in [1.54, 1.807) is 35.3 Å². The molecule has 4 saturated heterocycles. The molecule has 7 aliphatic rings. The number of thiazole rings is 1. The minimum Gasteiger partial charge on any atom is -0.340 e. The summed E-state index contributed by atoms with van der Waals surface area (Å²) in [5, 5.41) is 18.4. The van der Waals surface area contributed by atoms with Crippen LogP contribution in [0.1, 0.15) is 120 Å². The lowest BCUT2D eigenvalue weighted by Crippen LogP contribution is -2.53. The van der Waals surface area contributed by atoms with Gasteiger partial charge in [0.15, 0.2) is 0 Å². The zero-order valence-electron chi connectivity index (χ0n) is 42.0. The van der Waals surface area contributed by atoms with E-state index in [1.807, 2.05) is 23.2 Å². The molecule has 1 atom stereocenters. The first-order chi connectivity index (χ1) is 35.0. The van der Waals surface area contributed by atoms with E-state index in [-0.39, 0.29) is 27.9 Å². The lowest BCUT2D eigenvalue weighted by molar-refractivity contribution is -0.137. The van der Waals surface area contributed by atoms with Crippen molar-refractivity contribution in [2.45, 2.75) is 109 Å². The maximum atomic E-state index is 15.1. The zero-order chi connectivity index (χ0) is 49.7. The van der Waals surface area contributed by atoms with E-state index in [4.69, 9.17) is 10.1 Å². The molecule has 3 aromatic heterocycles. The van der Waals surface area contributed by atoms with Gasteiger partial charge in [0, 0.05) is 99.0 Å². The molecule has 0 radical (unpaired) electrons. The number of aromatic amines is 1. The second-order valence-corrected chi connectivity index (χ2v) is 22.9. The Bertz CT molecular complexity index is 2920. The molecular weight excluding hydrogens is 932 g/mol. The molecule has 8 heterocycles. The van der Waals surface area contributed by atoms with Gasteiger partial charge in [-0.15, -0.1) is 21.5 Å². The monoisotopic (exact) mass is 1000 g/mol. The van der Waals surface area contributed by atoms with E-state index >= 15 is 4.39 Å². The number of hydrogen-bond donors (Lipinski definition) is 1. The number of aromatic nitrogens is 6. The average molecular weight is 1000 g/mol. The summed E-state index contributed by atoms with van der Waals surface area (Å²) in [5.74, 6) is 2.25. The normalized spacial score (nSPS) is 25.7. The minimum atomic E-state index is -0.602. The van der Waals surface area contributed by atoms with Crippen molar-refractivity contribution in [3.63, 3.8) is 0 Å². The summed E-state index contributed by atoms with van der Waals surface area (Å²) in [7, 11) is 0. The van der Waals surface area contributed by atoms with E-state index in [1.165, 1.54) is 35.9 Å². The lowest BCUT2D eigenvalue weighted by atomic mass is 9.96. The van der Waals surface area contributed by atoms with Crippen molar-refractivity contribution < 1.29 is 18.8 Å². The average Bonchev–Trinajstić information content (AvgIpc) is 4.01. The number of allylic oxidation sites excluding steroid dienone is 1. The maximum absolute atomic E-state index is 15.1. The van der Waals surface area contributed by atoms with Gasteiger partial charge in [0.25, 0.3) is 11.5 Å². The van der Waals surface area contributed by atoms with Gasteiger partial charge < -0.3 is 19.3 Å². The predicted molar refractivity (Wildman–Crippen MR) is 273 cm³/mol. The Hall–Kier alpha value is -5.43. The summed E-state index contributed by atoms with van der Waals surface area (Å²) in [4.78, 5) is 73.2. The molecule has 3 amide bonds. The molecule has 0 bridgehead atoms. The number of aryl methyl sites for hydroxylation is 2. The highest BCUT2D eigenvalue weighted by atomic mass is 32.1. The van der Waals surface area contributed by atoms with Gasteiger partial charge in [0.1, 0.15) is 22.5 Å². The Kier molecular flexibility index (Phi) is 13.6. The number of carbonyl (C=O) groups is 3. The van der Waals surface area contributed by atoms with Crippen molar-refractivity contribution in [3.8, 4) is 0 Å². The quantitative estimate of drug-likeness (QED) is 0.209. The molecule has 11 rings (SSSR count). The van der Waals surface area contributed by atoms with Crippen LogP contribution in [0.3, 0.4) is 0 Å². The first-order valence-electron chi connectivity index (χ1n) is 26.6. The molecule has 2 saturated carbocycles. The fourth-order valence-corrected chi connectivity index (χ4v) is 13.9. The molecular formula is C54H69FN12O4S. The van der Waals surface area contributed by atoms with Gasteiger partial charge in [-0.2, -0.15) is 5.10 Å². The number of rotatable bonds is 13. The van der Waals surface area contributed by atoms with Crippen LogP contribution in [-0.2, 0) is 40.9 Å². The Morgan fingerprint density at radius 3 is 2.40 bits per heavy atom. The number of benzene rings is 1. The van der Waals surface area contributed by atoms with Gasteiger partial charge in [-0.25, -0.2) is 14.5 Å². The van der Waals surface area contributed by atoms with Crippen LogP contribution in [0.4, 0.5) is 4.39 Å². The SMILES string of the molecule is C=C/C=c1/c(=O)[nH]nc(Cc2ccc(F)c(C(=O)N3CCN(C(=O)CN4CCC(CN5CCN(C(=O)C67CC6(c6nc(CN8CCCC8c8nnc9n8CCCCC9)sc6C)C7)CC5)CC4)CC3)c2)/c1=C/C. The van der Waals surface area contributed by atoms with E-state index in [0.717, 1.165) is 127 Å². The standard InChI is InChI=1S/C54H69FN12O4S/c1-4-10-40-39(5-2)43(57-60-50(40)69)30-38-13-14-42(55)41(29-38)51(70)64-27-25-63(26-28-64)47(68)33-61-19-15-37(16-20-61)31-62-21-23-65(24-22-62)52(71)54-34-53(54,35-54)48-36(3)72-46(56-48)32-66-17-9-11-44(66)49-59-58-45-12-7-6-8-18-67(45)49/h4-5,10,13-14,29,37,44H,1,6-9,11-12,15-28,30-35H2,2-3H3,(H,60,69)/b39-5+,40-10+. The van der Waals surface area contributed by atoms with Crippen molar-refractivity contribution in [2.24, 2.45) is 11.3 Å². The zero-order valence-corrected chi connectivity index (χ0v) is 42.9. The van der Waals surface area contributed by atoms with E-state index in [0.29, 0.717) is 78.7 Å². The highest BCUT2D eigenvalue weighted by Gasteiger charge is 2.89. The van der Waals surface area contributed by atoms with Crippen LogP contribution < -0.4 is 16.0 Å². The first-order valence-corrected chi connectivity index (χ1v) is 27.4. The number of nitrogens with one attached hydrogen (secondary N) is 1. The molecule has 2 aliphatic carbocycles. The highest BCUT2D eigenvalue weighted by Crippen LogP contribution is 2.86. The Balaban J connectivity index is 0.603. The van der Waals surface area contributed by atoms with Gasteiger partial charge in [-0.1, -0.05) is 31.2 Å². The number of H-pyrrole nitrogens is 1. The third kappa shape index (κ3) is 9.29. The van der Waals surface area contributed by atoms with Crippen LogP contribution in [0.25, 0.3) is 12.2 Å². The first kappa shape index (κ1) is 48.8. The van der Waals surface area contributed by atoms with Crippen LogP contribution in [0.15, 0.2) is 35.6 Å². The predicted octanol–water partition coefficient (Wildman–Crippen LogP) is 3.56. The number of carbonyl (C=O) groups excluding carboxylic acids is 3. The number of likely N-dealkylation sites (tertiary alicyclic amines) is 2. The number of piperidine rings is 1. The fraction of sp³-hybridized carbons (Fsp3) is 0.593. The molecule has 1 unspecified atom stereocenters. The molecule has 382 valence electrons. The van der Waals surface area contributed by atoms with Crippen molar-refractivity contribution in [2.75, 3.05) is 85.1 Å². The molecule has 72 heavy (non-hydrogen) atoms. The number of piperazine rings is 2. The van der Waals surface area contributed by atoms with Crippen molar-refractivity contribution in [1.82, 2.24) is 59.3 Å². The third-order valence-electron chi connectivity index (χ3n) is 17.2. The summed E-state index contributed by atoms with van der Waals surface area (Å²) < 4.78 is 17.5. The smallest absolute Gasteiger partial charge is 0.272 e. The van der Waals surface area contributed by atoms with E-state index in [9.17, 15) is 19.2 Å². The second-order valence-electron chi connectivity index (χ2n) is 21.6. The molecule has 6 fully saturated rings.